The molecule has 3 atom stereocenters. The third-order valence-electron chi connectivity index (χ3n) is 7.00. The number of alkyl halides is 5. The topological polar surface area (TPSA) is 114 Å². The van der Waals surface area contributed by atoms with Crippen LogP contribution in [0, 0.1) is 5.92 Å². The van der Waals surface area contributed by atoms with Crippen molar-refractivity contribution in [2.45, 2.75) is 57.0 Å². The van der Waals surface area contributed by atoms with E-state index in [-0.39, 0.29) is 22.9 Å². The number of hydrogen-bond donors (Lipinski definition) is 3. The lowest BCUT2D eigenvalue weighted by molar-refractivity contribution is -0.165. The molecule has 3 aromatic carbocycles. The van der Waals surface area contributed by atoms with Crippen LogP contribution in [0.4, 0.5) is 22.0 Å². The molecule has 0 aliphatic rings. The zero-order chi connectivity index (χ0) is 36.5. The fraction of sp³-hybridized carbons (Fsp3) is 0.333. The summed E-state index contributed by atoms with van der Waals surface area (Å²) in [6.07, 6.45) is -6.53. The standard InChI is InChI=1S/C33H31Cl3F5N3O5/c1-18(2)28(29(46)33(40,41)31(48)42-17-32(37,38)39)44-30(47)25(14-19-6-4-3-5-7-19)43-27(45)16-26(20-8-13-23(35)24(36)15-20)49-22-11-9-21(34)10-12-22/h3-13,15,18,25-26,28H,14,16-17H2,1-2H3,(H,42,48)(H,43,45)(H,44,47)/t25-,26?,28-/m0/s1. The van der Waals surface area contributed by atoms with Gasteiger partial charge in [-0.1, -0.05) is 85.0 Å². The maximum atomic E-state index is 14.8. The van der Waals surface area contributed by atoms with Crippen molar-refractivity contribution in [1.82, 2.24) is 16.0 Å². The van der Waals surface area contributed by atoms with Crippen molar-refractivity contribution in [3.8, 4) is 5.75 Å². The third-order valence-corrected chi connectivity index (χ3v) is 7.99. The quantitative estimate of drug-likeness (QED) is 0.116. The first-order valence-corrected chi connectivity index (χ1v) is 15.8. The molecule has 0 fully saturated rings. The Morgan fingerprint density at radius 3 is 2.02 bits per heavy atom. The number of halogens is 8. The predicted molar refractivity (Wildman–Crippen MR) is 174 cm³/mol. The number of ketones is 1. The molecule has 0 heterocycles. The summed E-state index contributed by atoms with van der Waals surface area (Å²) in [4.78, 5) is 51.8. The van der Waals surface area contributed by atoms with Gasteiger partial charge in [-0.3, -0.25) is 19.2 Å². The van der Waals surface area contributed by atoms with Crippen molar-refractivity contribution in [3.63, 3.8) is 0 Å². The summed E-state index contributed by atoms with van der Waals surface area (Å²) < 4.78 is 73.1. The number of ether oxygens (including phenoxy) is 1. The zero-order valence-corrected chi connectivity index (χ0v) is 28.2. The van der Waals surface area contributed by atoms with Gasteiger partial charge in [-0.05, 0) is 53.4 Å². The van der Waals surface area contributed by atoms with Gasteiger partial charge in [-0.25, -0.2) is 0 Å². The summed E-state index contributed by atoms with van der Waals surface area (Å²) in [5.41, 5.74) is 0.991. The van der Waals surface area contributed by atoms with Gasteiger partial charge < -0.3 is 20.7 Å². The highest BCUT2D eigenvalue weighted by Gasteiger charge is 2.52. The second kappa shape index (κ2) is 17.1. The average molecular weight is 751 g/mol. The highest BCUT2D eigenvalue weighted by molar-refractivity contribution is 6.42. The van der Waals surface area contributed by atoms with Gasteiger partial charge in [0, 0.05) is 11.4 Å². The van der Waals surface area contributed by atoms with E-state index in [0.717, 1.165) is 5.32 Å². The molecule has 0 saturated heterocycles. The van der Waals surface area contributed by atoms with Crippen molar-refractivity contribution in [3.05, 3.63) is 99.0 Å². The SMILES string of the molecule is CC(C)[C@H](NC(=O)[C@H](Cc1ccccc1)NC(=O)CC(Oc1ccc(Cl)cc1)c1ccc(Cl)c(Cl)c1)C(=O)C(F)(F)C(=O)NCC(F)(F)F. The van der Waals surface area contributed by atoms with E-state index in [9.17, 15) is 41.1 Å². The van der Waals surface area contributed by atoms with Gasteiger partial charge in [0.15, 0.2) is 0 Å². The fourth-order valence-corrected chi connectivity index (χ4v) is 4.92. The Balaban J connectivity index is 1.86. The molecule has 264 valence electrons. The monoisotopic (exact) mass is 749 g/mol. The van der Waals surface area contributed by atoms with Crippen molar-refractivity contribution in [2.75, 3.05) is 6.54 Å². The predicted octanol–water partition coefficient (Wildman–Crippen LogP) is 6.91. The molecule has 0 bridgehead atoms. The Morgan fingerprint density at radius 1 is 0.816 bits per heavy atom. The lowest BCUT2D eigenvalue weighted by Gasteiger charge is -2.28. The Bertz CT molecular complexity index is 1630. The molecule has 0 spiro atoms. The van der Waals surface area contributed by atoms with Crippen molar-refractivity contribution in [1.29, 1.82) is 0 Å². The first-order chi connectivity index (χ1) is 22.9. The summed E-state index contributed by atoms with van der Waals surface area (Å²) in [5.74, 6) is -12.0. The number of rotatable bonds is 15. The minimum absolute atomic E-state index is 0.157. The maximum Gasteiger partial charge on any atom is 0.405 e. The van der Waals surface area contributed by atoms with Crippen LogP contribution in [-0.4, -0.2) is 54.2 Å². The van der Waals surface area contributed by atoms with Crippen LogP contribution in [0.5, 0.6) is 5.75 Å². The van der Waals surface area contributed by atoms with Gasteiger partial charge in [0.05, 0.1) is 22.5 Å². The molecular weight excluding hydrogens is 720 g/mol. The number of hydrogen-bond acceptors (Lipinski definition) is 5. The molecular formula is C33H31Cl3F5N3O5. The average Bonchev–Trinajstić information content (AvgIpc) is 3.03. The third kappa shape index (κ3) is 11.9. The van der Waals surface area contributed by atoms with E-state index in [4.69, 9.17) is 39.5 Å². The maximum absolute atomic E-state index is 14.8. The molecule has 1 unspecified atom stereocenters. The van der Waals surface area contributed by atoms with Crippen LogP contribution < -0.4 is 20.7 Å². The summed E-state index contributed by atoms with van der Waals surface area (Å²) in [6.45, 7) is 0.476. The van der Waals surface area contributed by atoms with E-state index in [1.165, 1.54) is 26.0 Å². The highest BCUT2D eigenvalue weighted by Crippen LogP contribution is 2.31. The molecule has 3 rings (SSSR count). The molecule has 3 N–H and O–H groups in total. The second-order valence-corrected chi connectivity index (χ2v) is 12.5. The minimum Gasteiger partial charge on any atom is -0.485 e. The number of nitrogens with one attached hydrogen (secondary N) is 3. The molecule has 16 heteroatoms. The summed E-state index contributed by atoms with van der Waals surface area (Å²) in [7, 11) is 0. The lowest BCUT2D eigenvalue weighted by Crippen LogP contribution is -2.59. The smallest absolute Gasteiger partial charge is 0.405 e. The van der Waals surface area contributed by atoms with E-state index >= 15 is 0 Å². The normalized spacial score (nSPS) is 13.6. The van der Waals surface area contributed by atoms with Crippen LogP contribution in [0.3, 0.4) is 0 Å². The van der Waals surface area contributed by atoms with Crippen molar-refractivity contribution >= 4 is 58.3 Å². The van der Waals surface area contributed by atoms with Crippen LogP contribution in [0.1, 0.15) is 37.5 Å². The number of Topliss-reactive ketones (excluding diaryl/α,β-unsaturated/α-hetero) is 1. The minimum atomic E-state index is -5.01. The van der Waals surface area contributed by atoms with Gasteiger partial charge in [0.25, 0.3) is 5.91 Å². The molecule has 49 heavy (non-hydrogen) atoms. The van der Waals surface area contributed by atoms with Gasteiger partial charge >= 0.3 is 12.1 Å². The zero-order valence-electron chi connectivity index (χ0n) is 25.9. The number of amides is 3. The lowest BCUT2D eigenvalue weighted by atomic mass is 9.94. The Hall–Kier alpha value is -3.94. The summed E-state index contributed by atoms with van der Waals surface area (Å²) >= 11 is 18.2. The highest BCUT2D eigenvalue weighted by atomic mass is 35.5. The Morgan fingerprint density at radius 2 is 1.45 bits per heavy atom. The van der Waals surface area contributed by atoms with Crippen LogP contribution in [0.25, 0.3) is 0 Å². The molecule has 3 aromatic rings. The second-order valence-electron chi connectivity index (χ2n) is 11.2. The van der Waals surface area contributed by atoms with Gasteiger partial charge in [0.1, 0.15) is 24.4 Å². The van der Waals surface area contributed by atoms with Gasteiger partial charge in [0.2, 0.25) is 17.6 Å². The Kier molecular flexibility index (Phi) is 13.8. The van der Waals surface area contributed by atoms with E-state index < -0.39 is 66.3 Å². The van der Waals surface area contributed by atoms with E-state index in [0.29, 0.717) is 21.9 Å². The van der Waals surface area contributed by atoms with Gasteiger partial charge in [-0.2, -0.15) is 22.0 Å². The van der Waals surface area contributed by atoms with Gasteiger partial charge in [-0.15, -0.1) is 0 Å². The first kappa shape index (κ1) is 39.5. The van der Waals surface area contributed by atoms with Crippen LogP contribution in [0.2, 0.25) is 15.1 Å². The summed E-state index contributed by atoms with van der Waals surface area (Å²) in [5, 5.41) is 6.56. The van der Waals surface area contributed by atoms with Crippen molar-refractivity contribution in [2.24, 2.45) is 5.92 Å². The fourth-order valence-electron chi connectivity index (χ4n) is 4.49. The van der Waals surface area contributed by atoms with E-state index in [1.807, 2.05) is 0 Å². The van der Waals surface area contributed by atoms with E-state index in [2.05, 4.69) is 10.6 Å². The molecule has 0 aliphatic carbocycles. The number of carbonyl (C=O) groups excluding carboxylic acids is 4. The number of carbonyl (C=O) groups is 4. The number of benzene rings is 3. The van der Waals surface area contributed by atoms with Crippen LogP contribution in [0.15, 0.2) is 72.8 Å². The molecule has 8 nitrogen and oxygen atoms in total. The first-order valence-electron chi connectivity index (χ1n) is 14.7. The van der Waals surface area contributed by atoms with Crippen LogP contribution >= 0.6 is 34.8 Å². The largest absolute Gasteiger partial charge is 0.485 e. The van der Waals surface area contributed by atoms with Crippen LogP contribution in [-0.2, 0) is 25.6 Å². The molecule has 0 aromatic heterocycles. The molecule has 3 amide bonds. The molecule has 0 saturated carbocycles. The van der Waals surface area contributed by atoms with E-state index in [1.54, 1.807) is 60.7 Å². The summed E-state index contributed by atoms with van der Waals surface area (Å²) in [6, 6.07) is 15.7. The molecule has 0 aliphatic heterocycles. The molecule has 0 radical (unpaired) electrons. The Labute approximate surface area is 293 Å². The van der Waals surface area contributed by atoms with Crippen molar-refractivity contribution < 1.29 is 45.9 Å².